The minimum atomic E-state index is -0.169. The maximum atomic E-state index is 11.9. The van der Waals surface area contributed by atoms with Crippen molar-refractivity contribution in [2.24, 2.45) is 0 Å². The van der Waals surface area contributed by atoms with Crippen molar-refractivity contribution in [1.29, 1.82) is 0 Å². The van der Waals surface area contributed by atoms with Gasteiger partial charge in [-0.25, -0.2) is 9.97 Å². The first-order valence-electron chi connectivity index (χ1n) is 8.03. The fourth-order valence-corrected chi connectivity index (χ4v) is 2.48. The van der Waals surface area contributed by atoms with Crippen LogP contribution in [0.15, 0.2) is 45.9 Å². The van der Waals surface area contributed by atoms with Gasteiger partial charge in [-0.2, -0.15) is 0 Å². The van der Waals surface area contributed by atoms with E-state index in [1.165, 1.54) is 0 Å². The normalized spacial score (nSPS) is 12.1. The van der Waals surface area contributed by atoms with E-state index in [1.807, 2.05) is 12.1 Å². The summed E-state index contributed by atoms with van der Waals surface area (Å²) in [6.45, 7) is 3.58. The first kappa shape index (κ1) is 16.9. The summed E-state index contributed by atoms with van der Waals surface area (Å²) in [5.41, 5.74) is 1.88. The van der Waals surface area contributed by atoms with Crippen LogP contribution in [0.2, 0.25) is 0 Å². The van der Waals surface area contributed by atoms with E-state index in [4.69, 9.17) is 4.42 Å². The van der Waals surface area contributed by atoms with E-state index in [0.29, 0.717) is 29.3 Å². The number of H-pyrrole nitrogens is 1. The molecule has 0 aliphatic carbocycles. The highest BCUT2D eigenvalue weighted by Crippen LogP contribution is 2.23. The zero-order valence-electron chi connectivity index (χ0n) is 14.1. The first-order chi connectivity index (χ1) is 12.1. The number of nitrogens with one attached hydrogen (secondary N) is 2. The molecular formula is C18H20N4O3. The van der Waals surface area contributed by atoms with Gasteiger partial charge in [0.15, 0.2) is 0 Å². The lowest BCUT2D eigenvalue weighted by atomic mass is 10.1. The van der Waals surface area contributed by atoms with Gasteiger partial charge < -0.3 is 19.8 Å². The average molecular weight is 340 g/mol. The van der Waals surface area contributed by atoms with E-state index in [0.717, 1.165) is 11.3 Å². The maximum absolute atomic E-state index is 11.9. The third-order valence-electron chi connectivity index (χ3n) is 4.06. The van der Waals surface area contributed by atoms with Crippen molar-refractivity contribution < 1.29 is 9.52 Å². The van der Waals surface area contributed by atoms with Crippen molar-refractivity contribution in [2.45, 2.75) is 26.3 Å². The largest absolute Gasteiger partial charge is 0.467 e. The number of pyridine rings is 1. The van der Waals surface area contributed by atoms with Crippen molar-refractivity contribution in [3.05, 3.63) is 64.1 Å². The molecule has 0 amide bonds. The molecule has 1 unspecified atom stereocenters. The lowest BCUT2D eigenvalue weighted by Gasteiger charge is -2.16. The Morgan fingerprint density at radius 3 is 2.76 bits per heavy atom. The van der Waals surface area contributed by atoms with Gasteiger partial charge in [0.25, 0.3) is 5.56 Å². The number of hydrogen-bond acceptors (Lipinski definition) is 6. The number of aliphatic hydroxyl groups is 1. The summed E-state index contributed by atoms with van der Waals surface area (Å²) in [6.07, 6.45) is 3.75. The van der Waals surface area contributed by atoms with Crippen LogP contribution in [0.25, 0.3) is 11.4 Å². The quantitative estimate of drug-likeness (QED) is 0.637. The smallest absolute Gasteiger partial charge is 0.254 e. The highest BCUT2D eigenvalue weighted by Gasteiger charge is 2.14. The lowest BCUT2D eigenvalue weighted by Crippen LogP contribution is -2.14. The van der Waals surface area contributed by atoms with E-state index < -0.39 is 0 Å². The van der Waals surface area contributed by atoms with Crippen LogP contribution in [0.5, 0.6) is 0 Å². The number of anilines is 1. The molecule has 3 aromatic rings. The molecule has 3 aromatic heterocycles. The number of aliphatic hydroxyl groups excluding tert-OH is 1. The Labute approximate surface area is 144 Å². The molecule has 0 aliphatic heterocycles. The second-order valence-electron chi connectivity index (χ2n) is 5.78. The van der Waals surface area contributed by atoms with Crippen LogP contribution >= 0.6 is 0 Å². The Balaban J connectivity index is 1.81. The molecule has 0 radical (unpaired) electrons. The van der Waals surface area contributed by atoms with E-state index >= 15 is 0 Å². The molecule has 3 rings (SSSR count). The predicted molar refractivity (Wildman–Crippen MR) is 94.3 cm³/mol. The standard InChI is InChI=1S/C18H20N4O3/c1-11-12(2)20-17(22-18(11)24)13-5-6-16(19-10-13)21-14(7-8-23)15-4-3-9-25-15/h3-6,9-10,14,23H,7-8H2,1-2H3,(H,19,21)(H,20,22,24). The van der Waals surface area contributed by atoms with Gasteiger partial charge in [-0.1, -0.05) is 0 Å². The SMILES string of the molecule is Cc1nc(-c2ccc(NC(CCO)c3ccco3)nc2)[nH]c(=O)c1C. The summed E-state index contributed by atoms with van der Waals surface area (Å²) in [4.78, 5) is 23.4. The second-order valence-corrected chi connectivity index (χ2v) is 5.78. The molecular weight excluding hydrogens is 320 g/mol. The number of rotatable bonds is 6. The molecule has 25 heavy (non-hydrogen) atoms. The fourth-order valence-electron chi connectivity index (χ4n) is 2.48. The average Bonchev–Trinajstić information content (AvgIpc) is 3.14. The van der Waals surface area contributed by atoms with Crippen molar-refractivity contribution in [3.8, 4) is 11.4 Å². The third kappa shape index (κ3) is 3.77. The van der Waals surface area contributed by atoms with Gasteiger partial charge in [0.1, 0.15) is 17.4 Å². The monoisotopic (exact) mass is 340 g/mol. The molecule has 1 atom stereocenters. The maximum Gasteiger partial charge on any atom is 0.254 e. The molecule has 3 N–H and O–H groups in total. The van der Waals surface area contributed by atoms with E-state index in [2.05, 4.69) is 20.3 Å². The third-order valence-corrected chi connectivity index (χ3v) is 4.06. The van der Waals surface area contributed by atoms with E-state index in [-0.39, 0.29) is 18.2 Å². The molecule has 0 fully saturated rings. The lowest BCUT2D eigenvalue weighted by molar-refractivity contribution is 0.273. The Kier molecular flexibility index (Phi) is 4.95. The Hall–Kier alpha value is -2.93. The molecule has 0 spiro atoms. The number of furan rings is 1. The minimum Gasteiger partial charge on any atom is -0.467 e. The zero-order chi connectivity index (χ0) is 17.8. The van der Waals surface area contributed by atoms with Crippen molar-refractivity contribution in [3.63, 3.8) is 0 Å². The van der Waals surface area contributed by atoms with Crippen LogP contribution in [0.4, 0.5) is 5.82 Å². The van der Waals surface area contributed by atoms with Gasteiger partial charge >= 0.3 is 0 Å². The van der Waals surface area contributed by atoms with Crippen LogP contribution in [0, 0.1) is 13.8 Å². The molecule has 0 aliphatic rings. The summed E-state index contributed by atoms with van der Waals surface area (Å²) < 4.78 is 5.40. The summed E-state index contributed by atoms with van der Waals surface area (Å²) in [6, 6.07) is 7.13. The fraction of sp³-hybridized carbons (Fsp3) is 0.278. The van der Waals surface area contributed by atoms with Gasteiger partial charge in [0.2, 0.25) is 0 Å². The van der Waals surface area contributed by atoms with Gasteiger partial charge in [0.05, 0.1) is 12.3 Å². The van der Waals surface area contributed by atoms with E-state index in [9.17, 15) is 9.90 Å². The molecule has 0 saturated heterocycles. The summed E-state index contributed by atoms with van der Waals surface area (Å²) >= 11 is 0. The summed E-state index contributed by atoms with van der Waals surface area (Å²) in [7, 11) is 0. The van der Waals surface area contributed by atoms with Crippen LogP contribution < -0.4 is 10.9 Å². The topological polar surface area (TPSA) is 104 Å². The number of hydrogen-bond donors (Lipinski definition) is 3. The molecule has 0 aromatic carbocycles. The molecule has 3 heterocycles. The van der Waals surface area contributed by atoms with Crippen LogP contribution in [0.1, 0.15) is 29.5 Å². The van der Waals surface area contributed by atoms with Gasteiger partial charge in [-0.15, -0.1) is 0 Å². The van der Waals surface area contributed by atoms with Gasteiger partial charge in [-0.05, 0) is 44.5 Å². The van der Waals surface area contributed by atoms with E-state index in [1.54, 1.807) is 38.4 Å². The van der Waals surface area contributed by atoms with Crippen molar-refractivity contribution in [2.75, 3.05) is 11.9 Å². The highest BCUT2D eigenvalue weighted by molar-refractivity contribution is 5.56. The predicted octanol–water partition coefficient (Wildman–Crippen LogP) is 2.58. The van der Waals surface area contributed by atoms with Gasteiger partial charge in [-0.3, -0.25) is 4.79 Å². The number of aromatic nitrogens is 3. The minimum absolute atomic E-state index is 0.0320. The molecule has 0 saturated carbocycles. The second kappa shape index (κ2) is 7.31. The highest BCUT2D eigenvalue weighted by atomic mass is 16.3. The number of aryl methyl sites for hydroxylation is 1. The Morgan fingerprint density at radius 2 is 2.16 bits per heavy atom. The molecule has 130 valence electrons. The van der Waals surface area contributed by atoms with Crippen LogP contribution in [-0.4, -0.2) is 26.7 Å². The number of aromatic amines is 1. The Morgan fingerprint density at radius 1 is 1.32 bits per heavy atom. The molecule has 7 heteroatoms. The Bertz CT molecular complexity index is 886. The van der Waals surface area contributed by atoms with Crippen LogP contribution in [0.3, 0.4) is 0 Å². The van der Waals surface area contributed by atoms with Gasteiger partial charge in [0, 0.05) is 29.6 Å². The first-order valence-corrected chi connectivity index (χ1v) is 8.03. The molecule has 7 nitrogen and oxygen atoms in total. The van der Waals surface area contributed by atoms with Crippen LogP contribution in [-0.2, 0) is 0 Å². The summed E-state index contributed by atoms with van der Waals surface area (Å²) in [5.74, 6) is 1.87. The number of nitrogens with zero attached hydrogens (tertiary/aromatic N) is 2. The van der Waals surface area contributed by atoms with Crippen molar-refractivity contribution in [1.82, 2.24) is 15.0 Å². The molecule has 0 bridgehead atoms. The van der Waals surface area contributed by atoms with Crippen molar-refractivity contribution >= 4 is 5.82 Å². The summed E-state index contributed by atoms with van der Waals surface area (Å²) in [5, 5.41) is 12.5. The zero-order valence-corrected chi connectivity index (χ0v) is 14.1.